The summed E-state index contributed by atoms with van der Waals surface area (Å²) in [7, 11) is 0. The molecular weight excluding hydrogens is 388 g/mol. The van der Waals surface area contributed by atoms with Crippen molar-refractivity contribution >= 4 is 28.8 Å². The average Bonchev–Trinajstić information content (AvgIpc) is 2.67. The molecular formula is C19H17F2N3O3S. The van der Waals surface area contributed by atoms with Crippen LogP contribution in [0.5, 0.6) is 0 Å². The summed E-state index contributed by atoms with van der Waals surface area (Å²) >= 11 is 1.07. The van der Waals surface area contributed by atoms with Crippen LogP contribution in [0.3, 0.4) is 0 Å². The number of esters is 1. The molecule has 0 aliphatic carbocycles. The number of alkyl halides is 1. The Bertz CT molecular complexity index is 1080. The third kappa shape index (κ3) is 4.04. The number of aromatic nitrogens is 3. The van der Waals surface area contributed by atoms with E-state index >= 15 is 0 Å². The van der Waals surface area contributed by atoms with Gasteiger partial charge in [0, 0.05) is 4.90 Å². The predicted octanol–water partition coefficient (Wildman–Crippen LogP) is 3.54. The fourth-order valence-electron chi connectivity index (χ4n) is 2.53. The number of carbonyl (C=O) groups excluding carboxylic acids is 1. The van der Waals surface area contributed by atoms with Crippen LogP contribution in [0.1, 0.15) is 23.0 Å². The fraction of sp³-hybridized carbons (Fsp3) is 0.263. The van der Waals surface area contributed by atoms with Crippen molar-refractivity contribution in [1.82, 2.24) is 14.8 Å². The lowest BCUT2D eigenvalue weighted by Gasteiger charge is -2.11. The molecule has 0 bridgehead atoms. The van der Waals surface area contributed by atoms with E-state index in [0.29, 0.717) is 0 Å². The van der Waals surface area contributed by atoms with E-state index in [2.05, 4.69) is 10.1 Å². The first-order chi connectivity index (χ1) is 13.4. The molecule has 0 unspecified atom stereocenters. The zero-order valence-electron chi connectivity index (χ0n) is 15.2. The lowest BCUT2D eigenvalue weighted by Crippen LogP contribution is -2.26. The number of pyridine rings is 1. The maximum atomic E-state index is 14.6. The Morgan fingerprint density at radius 2 is 2.00 bits per heavy atom. The molecule has 3 aromatic rings. The van der Waals surface area contributed by atoms with Gasteiger partial charge in [-0.15, -0.1) is 0 Å². The lowest BCUT2D eigenvalue weighted by atomic mass is 10.2. The molecule has 6 nitrogen and oxygen atoms in total. The number of hydrogen-bond donors (Lipinski definition) is 0. The number of nitrogens with zero attached hydrogens (tertiary/aromatic N) is 3. The topological polar surface area (TPSA) is 74.1 Å². The van der Waals surface area contributed by atoms with Gasteiger partial charge in [0.2, 0.25) is 11.1 Å². The highest BCUT2D eigenvalue weighted by Crippen LogP contribution is 2.29. The van der Waals surface area contributed by atoms with Crippen LogP contribution in [-0.4, -0.2) is 34.0 Å². The van der Waals surface area contributed by atoms with E-state index in [1.54, 1.807) is 6.92 Å². The minimum atomic E-state index is -0.944. The zero-order chi connectivity index (χ0) is 20.3. The molecule has 0 saturated heterocycles. The SMILES string of the molecule is CCOC(=O)c1nn(CCF)c2nc(Sc3ccc(C)cc3)c(F)cc2c1=O. The summed E-state index contributed by atoms with van der Waals surface area (Å²) in [6, 6.07) is 8.41. The summed E-state index contributed by atoms with van der Waals surface area (Å²) in [6.45, 7) is 2.52. The first-order valence-electron chi connectivity index (χ1n) is 8.53. The highest BCUT2D eigenvalue weighted by atomic mass is 32.2. The van der Waals surface area contributed by atoms with E-state index in [0.717, 1.165) is 33.0 Å². The first-order valence-corrected chi connectivity index (χ1v) is 9.35. The Hall–Kier alpha value is -2.81. The van der Waals surface area contributed by atoms with Gasteiger partial charge in [0.05, 0.1) is 18.5 Å². The molecule has 0 fully saturated rings. The molecule has 0 amide bonds. The van der Waals surface area contributed by atoms with Gasteiger partial charge >= 0.3 is 5.97 Å². The second-order valence-electron chi connectivity index (χ2n) is 5.87. The van der Waals surface area contributed by atoms with Crippen molar-refractivity contribution in [3.63, 3.8) is 0 Å². The van der Waals surface area contributed by atoms with Gasteiger partial charge in [-0.3, -0.25) is 4.79 Å². The third-order valence-corrected chi connectivity index (χ3v) is 4.84. The van der Waals surface area contributed by atoms with Crippen molar-refractivity contribution < 1.29 is 18.3 Å². The fourth-order valence-corrected chi connectivity index (χ4v) is 3.31. The van der Waals surface area contributed by atoms with Crippen LogP contribution >= 0.6 is 11.8 Å². The molecule has 1 aromatic carbocycles. The summed E-state index contributed by atoms with van der Waals surface area (Å²) in [5.74, 6) is -1.66. The van der Waals surface area contributed by atoms with E-state index in [-0.39, 0.29) is 29.2 Å². The molecule has 9 heteroatoms. The van der Waals surface area contributed by atoms with Crippen LogP contribution in [0.2, 0.25) is 0 Å². The molecule has 0 spiro atoms. The van der Waals surface area contributed by atoms with Gasteiger partial charge in [-0.05, 0) is 32.0 Å². The van der Waals surface area contributed by atoms with Crippen LogP contribution in [-0.2, 0) is 11.3 Å². The molecule has 0 aliphatic heterocycles. The van der Waals surface area contributed by atoms with Crippen LogP contribution in [0, 0.1) is 12.7 Å². The summed E-state index contributed by atoms with van der Waals surface area (Å²) in [5.41, 5.74) is -0.264. The first kappa shape index (κ1) is 19.9. The number of benzene rings is 1. The highest BCUT2D eigenvalue weighted by molar-refractivity contribution is 7.99. The Balaban J connectivity index is 2.15. The van der Waals surface area contributed by atoms with Gasteiger partial charge < -0.3 is 4.74 Å². The van der Waals surface area contributed by atoms with Crippen molar-refractivity contribution in [2.45, 2.75) is 30.3 Å². The van der Waals surface area contributed by atoms with Crippen LogP contribution in [0.4, 0.5) is 8.78 Å². The van der Waals surface area contributed by atoms with Gasteiger partial charge in [-0.25, -0.2) is 23.2 Å². The average molecular weight is 405 g/mol. The maximum absolute atomic E-state index is 14.6. The molecule has 2 heterocycles. The number of carbonyl (C=O) groups is 1. The van der Waals surface area contributed by atoms with Crippen LogP contribution in [0.15, 0.2) is 45.0 Å². The van der Waals surface area contributed by atoms with Crippen LogP contribution in [0.25, 0.3) is 11.0 Å². The number of hydrogen-bond acceptors (Lipinski definition) is 6. The van der Waals surface area contributed by atoms with Crippen molar-refractivity contribution in [2.24, 2.45) is 0 Å². The van der Waals surface area contributed by atoms with E-state index < -0.39 is 29.6 Å². The largest absolute Gasteiger partial charge is 0.461 e. The number of fused-ring (bicyclic) bond motifs is 1. The molecule has 0 saturated carbocycles. The summed E-state index contributed by atoms with van der Waals surface area (Å²) in [5, 5.41) is 3.76. The predicted molar refractivity (Wildman–Crippen MR) is 101 cm³/mol. The number of rotatable bonds is 6. The molecule has 3 rings (SSSR count). The molecule has 0 aliphatic rings. The molecule has 0 atom stereocenters. The monoisotopic (exact) mass is 405 g/mol. The number of halogens is 2. The van der Waals surface area contributed by atoms with Crippen molar-refractivity contribution in [3.8, 4) is 0 Å². The Labute approximate surface area is 163 Å². The quantitative estimate of drug-likeness (QED) is 0.584. The van der Waals surface area contributed by atoms with Gasteiger partial charge in [0.25, 0.3) is 0 Å². The van der Waals surface area contributed by atoms with E-state index in [9.17, 15) is 18.4 Å². The second-order valence-corrected chi connectivity index (χ2v) is 6.93. The van der Waals surface area contributed by atoms with Gasteiger partial charge in [-0.2, -0.15) is 5.10 Å². The molecule has 0 radical (unpaired) electrons. The molecule has 28 heavy (non-hydrogen) atoms. The van der Waals surface area contributed by atoms with Gasteiger partial charge in [0.1, 0.15) is 11.7 Å². The standard InChI is InChI=1S/C19H17F2N3O3S/c1-3-27-19(26)15-16(25)13-10-14(21)18(22-17(13)24(23-15)9-8-20)28-12-6-4-11(2)5-7-12/h4-7,10H,3,8-9H2,1-2H3. The number of aryl methyl sites for hydroxylation is 2. The lowest BCUT2D eigenvalue weighted by molar-refractivity contribution is 0.0515. The summed E-state index contributed by atoms with van der Waals surface area (Å²) in [6.07, 6.45) is 0. The van der Waals surface area contributed by atoms with Gasteiger partial charge in [0.15, 0.2) is 11.5 Å². The highest BCUT2D eigenvalue weighted by Gasteiger charge is 2.21. The molecule has 146 valence electrons. The van der Waals surface area contributed by atoms with Crippen molar-refractivity contribution in [2.75, 3.05) is 13.3 Å². The minimum absolute atomic E-state index is 0.00621. The Morgan fingerprint density at radius 1 is 1.29 bits per heavy atom. The van der Waals surface area contributed by atoms with E-state index in [4.69, 9.17) is 4.74 Å². The number of ether oxygens (including phenoxy) is 1. The van der Waals surface area contributed by atoms with Crippen molar-refractivity contribution in [3.05, 3.63) is 57.6 Å². The summed E-state index contributed by atoms with van der Waals surface area (Å²) < 4.78 is 33.5. The third-order valence-electron chi connectivity index (χ3n) is 3.85. The Kier molecular flexibility index (Phi) is 6.03. The minimum Gasteiger partial charge on any atom is -0.461 e. The van der Waals surface area contributed by atoms with E-state index in [1.807, 2.05) is 31.2 Å². The Morgan fingerprint density at radius 3 is 2.64 bits per heavy atom. The second kappa shape index (κ2) is 8.47. The van der Waals surface area contributed by atoms with Gasteiger partial charge in [-0.1, -0.05) is 29.5 Å². The molecule has 2 aromatic heterocycles. The zero-order valence-corrected chi connectivity index (χ0v) is 16.1. The normalized spacial score (nSPS) is 11.0. The maximum Gasteiger partial charge on any atom is 0.362 e. The van der Waals surface area contributed by atoms with Crippen molar-refractivity contribution in [1.29, 1.82) is 0 Å². The smallest absolute Gasteiger partial charge is 0.362 e. The van der Waals surface area contributed by atoms with E-state index in [1.165, 1.54) is 0 Å². The molecule has 0 N–H and O–H groups in total. The van der Waals surface area contributed by atoms with Crippen LogP contribution < -0.4 is 5.43 Å². The summed E-state index contributed by atoms with van der Waals surface area (Å²) in [4.78, 5) is 29.5.